The lowest BCUT2D eigenvalue weighted by Crippen LogP contribution is -2.31. The van der Waals surface area contributed by atoms with Gasteiger partial charge in [0.15, 0.2) is 0 Å². The smallest absolute Gasteiger partial charge is 0.246 e. The third kappa shape index (κ3) is 6.71. The van der Waals surface area contributed by atoms with Crippen molar-refractivity contribution in [2.24, 2.45) is 0 Å². The highest BCUT2D eigenvalue weighted by Gasteiger charge is 2.07. The van der Waals surface area contributed by atoms with E-state index in [1.54, 1.807) is 23.1 Å². The first kappa shape index (κ1) is 19.0. The van der Waals surface area contributed by atoms with Crippen LogP contribution < -0.4 is 10.5 Å². The number of nitrogens with two attached hydrogens (primary N) is 1. The first-order valence-corrected chi connectivity index (χ1v) is 7.72. The van der Waals surface area contributed by atoms with Crippen molar-refractivity contribution in [3.8, 4) is 5.75 Å². The molecule has 0 aliphatic rings. The fraction of sp³-hybridized carbons (Fsp3) is 0.471. The van der Waals surface area contributed by atoms with E-state index in [-0.39, 0.29) is 12.5 Å². The maximum Gasteiger partial charge on any atom is 0.246 e. The van der Waals surface area contributed by atoms with Crippen molar-refractivity contribution < 1.29 is 14.6 Å². The Kier molecular flexibility index (Phi) is 8.15. The van der Waals surface area contributed by atoms with Crippen LogP contribution in [0.5, 0.6) is 5.75 Å². The molecule has 6 nitrogen and oxygen atoms in total. The summed E-state index contributed by atoms with van der Waals surface area (Å²) >= 11 is 0. The molecule has 1 aromatic carbocycles. The molecule has 1 aromatic rings. The molecule has 0 saturated heterocycles. The molecule has 3 N–H and O–H groups in total. The first-order valence-electron chi connectivity index (χ1n) is 7.72. The lowest BCUT2D eigenvalue weighted by Gasteiger charge is -2.17. The van der Waals surface area contributed by atoms with Gasteiger partial charge in [-0.25, -0.2) is 0 Å². The van der Waals surface area contributed by atoms with Crippen LogP contribution in [-0.4, -0.2) is 67.8 Å². The van der Waals surface area contributed by atoms with Crippen molar-refractivity contribution >= 4 is 17.7 Å². The average Bonchev–Trinajstić information content (AvgIpc) is 2.51. The highest BCUT2D eigenvalue weighted by Crippen LogP contribution is 2.23. The summed E-state index contributed by atoms with van der Waals surface area (Å²) in [4.78, 5) is 15.6. The predicted molar refractivity (Wildman–Crippen MR) is 93.3 cm³/mol. The summed E-state index contributed by atoms with van der Waals surface area (Å²) in [6, 6.07) is 5.44. The van der Waals surface area contributed by atoms with Crippen LogP contribution in [0.3, 0.4) is 0 Å². The summed E-state index contributed by atoms with van der Waals surface area (Å²) < 4.78 is 5.62. The van der Waals surface area contributed by atoms with Crippen LogP contribution in [0.15, 0.2) is 24.3 Å². The van der Waals surface area contributed by atoms with E-state index in [1.165, 1.54) is 6.08 Å². The molecular weight excluding hydrogens is 294 g/mol. The summed E-state index contributed by atoms with van der Waals surface area (Å²) in [6.07, 6.45) is 3.20. The average molecular weight is 321 g/mol. The van der Waals surface area contributed by atoms with Gasteiger partial charge in [0, 0.05) is 25.7 Å². The van der Waals surface area contributed by atoms with Gasteiger partial charge in [-0.15, -0.1) is 0 Å². The number of rotatable bonds is 9. The van der Waals surface area contributed by atoms with E-state index >= 15 is 0 Å². The molecule has 0 fully saturated rings. The lowest BCUT2D eigenvalue weighted by atomic mass is 10.1. The van der Waals surface area contributed by atoms with Gasteiger partial charge < -0.3 is 25.4 Å². The van der Waals surface area contributed by atoms with Crippen LogP contribution in [0, 0.1) is 0 Å². The highest BCUT2D eigenvalue weighted by molar-refractivity contribution is 5.92. The van der Waals surface area contributed by atoms with Gasteiger partial charge in [-0.3, -0.25) is 4.79 Å². The molecule has 0 radical (unpaired) electrons. The number of aliphatic hydroxyl groups excluding tert-OH is 1. The summed E-state index contributed by atoms with van der Waals surface area (Å²) in [5, 5.41) is 8.92. The zero-order valence-corrected chi connectivity index (χ0v) is 14.2. The molecule has 0 atom stereocenters. The standard InChI is InChI=1S/C17H27N3O3/c1-4-20(9-11-21)17(22)8-6-14-5-7-16(15(18)13-14)23-12-10-19(2)3/h5-8,13,21H,4,9-12,18H2,1-3H3/b8-6-. The maximum absolute atomic E-state index is 12.0. The summed E-state index contributed by atoms with van der Waals surface area (Å²) in [5.74, 6) is 0.511. The van der Waals surface area contributed by atoms with Gasteiger partial charge in [-0.1, -0.05) is 6.07 Å². The van der Waals surface area contributed by atoms with Crippen molar-refractivity contribution in [3.05, 3.63) is 29.8 Å². The Morgan fingerprint density at radius 3 is 2.65 bits per heavy atom. The Labute approximate surface area is 138 Å². The Morgan fingerprint density at radius 1 is 1.35 bits per heavy atom. The number of amides is 1. The highest BCUT2D eigenvalue weighted by atomic mass is 16.5. The third-order valence-corrected chi connectivity index (χ3v) is 3.31. The molecule has 128 valence electrons. The van der Waals surface area contributed by atoms with Crippen molar-refractivity contribution in [3.63, 3.8) is 0 Å². The number of hydrogen-bond donors (Lipinski definition) is 2. The molecule has 0 aromatic heterocycles. The SMILES string of the molecule is CCN(CCO)C(=O)/C=C\c1ccc(OCCN(C)C)c(N)c1. The second-order valence-electron chi connectivity index (χ2n) is 5.42. The minimum Gasteiger partial charge on any atom is -0.490 e. The van der Waals surface area contributed by atoms with E-state index in [4.69, 9.17) is 15.6 Å². The molecule has 1 amide bonds. The molecule has 0 aliphatic carbocycles. The molecule has 0 unspecified atom stereocenters. The second kappa shape index (κ2) is 9.86. The van der Waals surface area contributed by atoms with Gasteiger partial charge in [-0.05, 0) is 44.8 Å². The zero-order chi connectivity index (χ0) is 17.2. The largest absolute Gasteiger partial charge is 0.490 e. The van der Waals surface area contributed by atoms with E-state index in [9.17, 15) is 4.79 Å². The fourth-order valence-corrected chi connectivity index (χ4v) is 1.96. The molecule has 23 heavy (non-hydrogen) atoms. The first-order chi connectivity index (χ1) is 11.0. The third-order valence-electron chi connectivity index (χ3n) is 3.31. The Hall–Kier alpha value is -2.05. The minimum atomic E-state index is -0.133. The van der Waals surface area contributed by atoms with E-state index in [1.807, 2.05) is 32.0 Å². The van der Waals surface area contributed by atoms with Gasteiger partial charge in [0.25, 0.3) is 0 Å². The van der Waals surface area contributed by atoms with Crippen molar-refractivity contribution in [1.82, 2.24) is 9.80 Å². The van der Waals surface area contributed by atoms with Gasteiger partial charge in [0.1, 0.15) is 12.4 Å². The number of ether oxygens (including phenoxy) is 1. The number of nitrogen functional groups attached to an aromatic ring is 1. The lowest BCUT2D eigenvalue weighted by molar-refractivity contribution is -0.126. The topological polar surface area (TPSA) is 79.0 Å². The molecule has 0 heterocycles. The van der Waals surface area contributed by atoms with Gasteiger partial charge >= 0.3 is 0 Å². The van der Waals surface area contributed by atoms with Crippen LogP contribution in [0.2, 0.25) is 0 Å². The van der Waals surface area contributed by atoms with E-state index in [0.717, 1.165) is 12.1 Å². The van der Waals surface area contributed by atoms with E-state index < -0.39 is 0 Å². The van der Waals surface area contributed by atoms with Crippen molar-refractivity contribution in [2.75, 3.05) is 52.7 Å². The fourth-order valence-electron chi connectivity index (χ4n) is 1.96. The number of carbonyl (C=O) groups is 1. The van der Waals surface area contributed by atoms with Crippen LogP contribution in [-0.2, 0) is 4.79 Å². The summed E-state index contributed by atoms with van der Waals surface area (Å²) in [7, 11) is 3.96. The number of benzene rings is 1. The zero-order valence-electron chi connectivity index (χ0n) is 14.2. The number of hydrogen-bond acceptors (Lipinski definition) is 5. The van der Waals surface area contributed by atoms with Gasteiger partial charge in [0.2, 0.25) is 5.91 Å². The van der Waals surface area contributed by atoms with Crippen molar-refractivity contribution in [1.29, 1.82) is 0 Å². The Bertz CT molecular complexity index is 530. The summed E-state index contributed by atoms with van der Waals surface area (Å²) in [5.41, 5.74) is 7.35. The Balaban J connectivity index is 2.66. The summed E-state index contributed by atoms with van der Waals surface area (Å²) in [6.45, 7) is 4.11. The molecule has 6 heteroatoms. The minimum absolute atomic E-state index is 0.0423. The van der Waals surface area contributed by atoms with Crippen LogP contribution in [0.1, 0.15) is 12.5 Å². The molecular formula is C17H27N3O3. The number of aliphatic hydroxyl groups is 1. The number of carbonyl (C=O) groups excluding carboxylic acids is 1. The maximum atomic E-state index is 12.0. The van der Waals surface area contributed by atoms with E-state index in [2.05, 4.69) is 0 Å². The molecule has 0 spiro atoms. The monoisotopic (exact) mass is 321 g/mol. The van der Waals surface area contributed by atoms with Crippen LogP contribution >= 0.6 is 0 Å². The molecule has 0 aliphatic heterocycles. The second-order valence-corrected chi connectivity index (χ2v) is 5.42. The Morgan fingerprint density at radius 2 is 2.09 bits per heavy atom. The molecule has 0 bridgehead atoms. The quantitative estimate of drug-likeness (QED) is 0.525. The van der Waals surface area contributed by atoms with Gasteiger partial charge in [-0.2, -0.15) is 0 Å². The van der Waals surface area contributed by atoms with Crippen LogP contribution in [0.4, 0.5) is 5.69 Å². The molecule has 1 rings (SSSR count). The van der Waals surface area contributed by atoms with Crippen LogP contribution in [0.25, 0.3) is 6.08 Å². The van der Waals surface area contributed by atoms with Crippen molar-refractivity contribution in [2.45, 2.75) is 6.92 Å². The number of likely N-dealkylation sites (N-methyl/N-ethyl adjacent to an activating group) is 2. The van der Waals surface area contributed by atoms with Gasteiger partial charge in [0.05, 0.1) is 12.3 Å². The predicted octanol–water partition coefficient (Wildman–Crippen LogP) is 1.06. The number of anilines is 1. The number of nitrogens with zero attached hydrogens (tertiary/aromatic N) is 2. The normalized spacial score (nSPS) is 11.2. The molecule has 0 saturated carbocycles. The van der Waals surface area contributed by atoms with E-state index in [0.29, 0.717) is 31.1 Å².